The van der Waals surface area contributed by atoms with E-state index >= 15 is 0 Å². The number of hydrogen-bond donors (Lipinski definition) is 2. The second kappa shape index (κ2) is 4.97. The van der Waals surface area contributed by atoms with Crippen LogP contribution in [0.15, 0.2) is 24.3 Å². The lowest BCUT2D eigenvalue weighted by atomic mass is 10.0. The predicted molar refractivity (Wildman–Crippen MR) is 74.9 cm³/mol. The zero-order chi connectivity index (χ0) is 14.1. The Hall–Kier alpha value is -2.34. The van der Waals surface area contributed by atoms with Crippen molar-refractivity contribution in [2.24, 2.45) is 0 Å². The Labute approximate surface area is 119 Å². The maximum atomic E-state index is 11.3. The molecule has 1 aromatic carbocycles. The molecule has 1 aliphatic rings. The highest BCUT2D eigenvalue weighted by Crippen LogP contribution is 2.29. The average Bonchev–Trinajstić information content (AvgIpc) is 2.38. The van der Waals surface area contributed by atoms with E-state index in [2.05, 4.69) is 15.3 Å². The van der Waals surface area contributed by atoms with E-state index in [1.54, 1.807) is 12.1 Å². The summed E-state index contributed by atoms with van der Waals surface area (Å²) in [5.41, 5.74) is 7.34. The maximum Gasteiger partial charge on any atom is 0.225 e. The van der Waals surface area contributed by atoms with E-state index in [-0.39, 0.29) is 22.9 Å². The Kier molecular flexibility index (Phi) is 3.15. The number of fused-ring (bicyclic) bond motifs is 1. The van der Waals surface area contributed by atoms with Crippen LogP contribution in [0.3, 0.4) is 0 Å². The molecule has 1 aromatic heterocycles. The molecule has 3 N–H and O–H groups in total. The number of carbonyl (C=O) groups excluding carboxylic acids is 1. The van der Waals surface area contributed by atoms with Crippen molar-refractivity contribution >= 4 is 29.1 Å². The van der Waals surface area contributed by atoms with Gasteiger partial charge in [0.25, 0.3) is 0 Å². The van der Waals surface area contributed by atoms with E-state index in [0.29, 0.717) is 18.6 Å². The first-order valence-corrected chi connectivity index (χ1v) is 6.38. The van der Waals surface area contributed by atoms with Crippen molar-refractivity contribution in [1.29, 1.82) is 0 Å². The number of nitrogens with one attached hydrogen (secondary N) is 1. The van der Waals surface area contributed by atoms with Crippen LogP contribution in [0.5, 0.6) is 11.6 Å². The minimum absolute atomic E-state index is 0.0292. The molecule has 3 rings (SSSR count). The first-order chi connectivity index (χ1) is 9.60. The third kappa shape index (κ3) is 2.65. The van der Waals surface area contributed by atoms with Crippen molar-refractivity contribution in [2.75, 3.05) is 11.1 Å². The van der Waals surface area contributed by atoms with Gasteiger partial charge in [-0.3, -0.25) is 4.79 Å². The van der Waals surface area contributed by atoms with E-state index in [4.69, 9.17) is 22.1 Å². The second-order valence-corrected chi connectivity index (χ2v) is 4.74. The number of nitrogens with two attached hydrogens (primary N) is 1. The highest BCUT2D eigenvalue weighted by atomic mass is 35.5. The summed E-state index contributed by atoms with van der Waals surface area (Å²) >= 11 is 5.79. The summed E-state index contributed by atoms with van der Waals surface area (Å²) in [5, 5.41) is 3.03. The van der Waals surface area contributed by atoms with Crippen molar-refractivity contribution in [3.63, 3.8) is 0 Å². The number of rotatable bonds is 2. The fraction of sp³-hybridized carbons (Fsp3) is 0.154. The average molecular weight is 291 g/mol. The fourth-order valence-corrected chi connectivity index (χ4v) is 2.19. The van der Waals surface area contributed by atoms with Gasteiger partial charge in [0.15, 0.2) is 0 Å². The zero-order valence-electron chi connectivity index (χ0n) is 10.4. The van der Waals surface area contributed by atoms with Crippen LogP contribution in [0.2, 0.25) is 5.15 Å². The molecule has 7 heteroatoms. The highest BCUT2D eigenvalue weighted by molar-refractivity contribution is 6.29. The predicted octanol–water partition coefficient (Wildman–Crippen LogP) is 2.39. The molecule has 0 unspecified atom stereocenters. The van der Waals surface area contributed by atoms with Crippen molar-refractivity contribution in [2.45, 2.75) is 12.8 Å². The minimum Gasteiger partial charge on any atom is -0.439 e. The number of nitrogens with zero attached hydrogens (tertiary/aromatic N) is 2. The van der Waals surface area contributed by atoms with Gasteiger partial charge >= 0.3 is 0 Å². The number of amides is 1. The number of hydrogen-bond acceptors (Lipinski definition) is 5. The number of anilines is 2. The smallest absolute Gasteiger partial charge is 0.225 e. The Balaban J connectivity index is 1.86. The summed E-state index contributed by atoms with van der Waals surface area (Å²) in [6, 6.07) is 6.89. The number of benzene rings is 1. The van der Waals surface area contributed by atoms with Gasteiger partial charge in [-0.2, -0.15) is 4.98 Å². The third-order valence-electron chi connectivity index (χ3n) is 2.88. The zero-order valence-corrected chi connectivity index (χ0v) is 11.1. The molecular weight excluding hydrogens is 280 g/mol. The summed E-state index contributed by atoms with van der Waals surface area (Å²) in [6.45, 7) is 0. The molecule has 2 heterocycles. The van der Waals surface area contributed by atoms with E-state index in [1.807, 2.05) is 6.07 Å². The second-order valence-electron chi connectivity index (χ2n) is 4.36. The third-order valence-corrected chi connectivity index (χ3v) is 3.08. The van der Waals surface area contributed by atoms with E-state index < -0.39 is 0 Å². The molecular formula is C13H11ClN4O2. The largest absolute Gasteiger partial charge is 0.439 e. The maximum absolute atomic E-state index is 11.3. The summed E-state index contributed by atoms with van der Waals surface area (Å²) in [6.07, 6.45) is 1.16. The Bertz CT molecular complexity index is 670. The lowest BCUT2D eigenvalue weighted by Gasteiger charge is -2.17. The van der Waals surface area contributed by atoms with Crippen molar-refractivity contribution < 1.29 is 9.53 Å². The van der Waals surface area contributed by atoms with E-state index in [1.165, 1.54) is 6.07 Å². The van der Waals surface area contributed by atoms with Crippen molar-refractivity contribution in [3.8, 4) is 11.6 Å². The molecule has 0 saturated carbocycles. The fourth-order valence-electron chi connectivity index (χ4n) is 2.01. The van der Waals surface area contributed by atoms with E-state index in [9.17, 15) is 4.79 Å². The van der Waals surface area contributed by atoms with Crippen LogP contribution >= 0.6 is 11.6 Å². The van der Waals surface area contributed by atoms with Crippen LogP contribution in [-0.2, 0) is 11.2 Å². The number of halogens is 1. The molecule has 1 amide bonds. The summed E-state index contributed by atoms with van der Waals surface area (Å²) in [4.78, 5) is 19.0. The summed E-state index contributed by atoms with van der Waals surface area (Å²) < 4.78 is 5.60. The van der Waals surface area contributed by atoms with Gasteiger partial charge < -0.3 is 15.8 Å². The van der Waals surface area contributed by atoms with Crippen molar-refractivity contribution in [3.05, 3.63) is 35.0 Å². The molecule has 0 saturated heterocycles. The molecule has 0 radical (unpaired) electrons. The van der Waals surface area contributed by atoms with Crippen LogP contribution < -0.4 is 15.8 Å². The van der Waals surface area contributed by atoms with Gasteiger partial charge in [-0.15, -0.1) is 0 Å². The Morgan fingerprint density at radius 1 is 1.25 bits per heavy atom. The standard InChI is InChI=1S/C13H11ClN4O2/c14-10-6-12(18-13(15)17-10)20-8-2-3-9-7(5-8)1-4-11(19)16-9/h2-3,5-6H,1,4H2,(H,16,19)(H2,15,17,18). The quantitative estimate of drug-likeness (QED) is 0.829. The monoisotopic (exact) mass is 290 g/mol. The minimum atomic E-state index is 0.0292. The van der Waals surface area contributed by atoms with Crippen LogP contribution in [0.1, 0.15) is 12.0 Å². The van der Waals surface area contributed by atoms with Gasteiger partial charge in [0, 0.05) is 18.2 Å². The molecule has 2 aromatic rings. The number of ether oxygens (including phenoxy) is 1. The van der Waals surface area contributed by atoms with Crippen LogP contribution in [-0.4, -0.2) is 15.9 Å². The van der Waals surface area contributed by atoms with Gasteiger partial charge in [0.05, 0.1) is 0 Å². The molecule has 6 nitrogen and oxygen atoms in total. The highest BCUT2D eigenvalue weighted by Gasteiger charge is 2.15. The van der Waals surface area contributed by atoms with Gasteiger partial charge in [-0.25, -0.2) is 4.98 Å². The van der Waals surface area contributed by atoms with Gasteiger partial charge in [0.2, 0.25) is 17.7 Å². The normalized spacial score (nSPS) is 13.6. The Morgan fingerprint density at radius 3 is 2.90 bits per heavy atom. The van der Waals surface area contributed by atoms with Gasteiger partial charge in [-0.1, -0.05) is 11.6 Å². The molecule has 0 aliphatic carbocycles. The Morgan fingerprint density at radius 2 is 2.10 bits per heavy atom. The topological polar surface area (TPSA) is 90.1 Å². The van der Waals surface area contributed by atoms with Gasteiger partial charge in [0.1, 0.15) is 10.9 Å². The lowest BCUT2D eigenvalue weighted by Crippen LogP contribution is -2.18. The SMILES string of the molecule is Nc1nc(Cl)cc(Oc2ccc3c(c2)CCC(=O)N3)n1. The van der Waals surface area contributed by atoms with E-state index in [0.717, 1.165) is 11.3 Å². The molecule has 20 heavy (non-hydrogen) atoms. The first kappa shape index (κ1) is 12.7. The van der Waals surface area contributed by atoms with Crippen LogP contribution in [0, 0.1) is 0 Å². The van der Waals surface area contributed by atoms with Crippen LogP contribution in [0.25, 0.3) is 0 Å². The molecule has 0 fully saturated rings. The molecule has 0 spiro atoms. The van der Waals surface area contributed by atoms with Gasteiger partial charge in [-0.05, 0) is 30.2 Å². The molecule has 1 aliphatic heterocycles. The lowest BCUT2D eigenvalue weighted by molar-refractivity contribution is -0.116. The van der Waals surface area contributed by atoms with Crippen LogP contribution in [0.4, 0.5) is 11.6 Å². The number of nitrogen functional groups attached to an aromatic ring is 1. The molecule has 0 bridgehead atoms. The number of carbonyl (C=O) groups is 1. The van der Waals surface area contributed by atoms with Crippen molar-refractivity contribution in [1.82, 2.24) is 9.97 Å². The number of aryl methyl sites for hydroxylation is 1. The summed E-state index contributed by atoms with van der Waals surface area (Å²) in [5.74, 6) is 0.968. The first-order valence-electron chi connectivity index (χ1n) is 6.01. The number of aromatic nitrogens is 2. The summed E-state index contributed by atoms with van der Waals surface area (Å²) in [7, 11) is 0. The molecule has 0 atom stereocenters. The molecule has 102 valence electrons.